The van der Waals surface area contributed by atoms with Crippen molar-refractivity contribution in [3.63, 3.8) is 0 Å². The van der Waals surface area contributed by atoms with E-state index in [-0.39, 0.29) is 0 Å². The van der Waals surface area contributed by atoms with Crippen molar-refractivity contribution in [1.29, 1.82) is 0 Å². The Morgan fingerprint density at radius 3 is 1.45 bits per heavy atom. The van der Waals surface area contributed by atoms with Crippen LogP contribution in [0.5, 0.6) is 0 Å². The van der Waals surface area contributed by atoms with Crippen molar-refractivity contribution < 1.29 is 0 Å². The minimum atomic E-state index is 1.11. The van der Waals surface area contributed by atoms with E-state index in [1.54, 1.807) is 0 Å². The van der Waals surface area contributed by atoms with Gasteiger partial charge in [0.15, 0.2) is 0 Å². The van der Waals surface area contributed by atoms with Gasteiger partial charge in [-0.25, -0.2) is 0 Å². The summed E-state index contributed by atoms with van der Waals surface area (Å²) in [4.78, 5) is 2.77. The molecule has 0 saturated heterocycles. The Morgan fingerprint density at radius 1 is 0.700 bits per heavy atom. The van der Waals surface area contributed by atoms with Gasteiger partial charge in [0.25, 0.3) is 0 Å². The zero-order valence-corrected chi connectivity index (χ0v) is 14.3. The van der Waals surface area contributed by atoms with Gasteiger partial charge in [-0.3, -0.25) is 0 Å². The highest BCUT2D eigenvalue weighted by Gasteiger charge is 2.07. The molecule has 0 fully saturated rings. The highest BCUT2D eigenvalue weighted by molar-refractivity contribution is 8.76. The van der Waals surface area contributed by atoms with Gasteiger partial charge in [0.1, 0.15) is 0 Å². The van der Waals surface area contributed by atoms with Crippen molar-refractivity contribution in [2.24, 2.45) is 0 Å². The number of hydrogen-bond acceptors (Lipinski definition) is 2. The number of rotatable bonds is 5. The van der Waals surface area contributed by atoms with Crippen molar-refractivity contribution >= 4 is 21.6 Å². The van der Waals surface area contributed by atoms with E-state index < -0.39 is 0 Å². The molecule has 0 radical (unpaired) electrons. The Kier molecular flexibility index (Phi) is 5.62. The van der Waals surface area contributed by atoms with Crippen molar-refractivity contribution in [2.45, 2.75) is 50.3 Å². The molecule has 2 rings (SSSR count). The van der Waals surface area contributed by atoms with Crippen LogP contribution in [-0.4, -0.2) is 0 Å². The van der Waals surface area contributed by atoms with Crippen LogP contribution < -0.4 is 0 Å². The molecule has 2 aromatic rings. The van der Waals surface area contributed by atoms with Crippen LogP contribution >= 0.6 is 21.6 Å². The minimum absolute atomic E-state index is 1.11. The predicted octanol–water partition coefficient (Wildman–Crippen LogP) is 6.23. The molecule has 0 saturated carbocycles. The van der Waals surface area contributed by atoms with E-state index in [0.29, 0.717) is 0 Å². The van der Waals surface area contributed by atoms with Crippen LogP contribution in [0.4, 0.5) is 0 Å². The molecule has 20 heavy (non-hydrogen) atoms. The summed E-state index contributed by atoms with van der Waals surface area (Å²) in [6.07, 6.45) is 2.21. The highest BCUT2D eigenvalue weighted by atomic mass is 33.1. The van der Waals surface area contributed by atoms with Crippen LogP contribution in [-0.2, 0) is 12.8 Å². The molecule has 0 aliphatic rings. The Bertz CT molecular complexity index is 534. The molecule has 106 valence electrons. The number of aryl methyl sites for hydroxylation is 2. The maximum atomic E-state index is 2.23. The van der Waals surface area contributed by atoms with Gasteiger partial charge < -0.3 is 0 Å². The van der Waals surface area contributed by atoms with Gasteiger partial charge in [-0.1, -0.05) is 59.7 Å². The van der Waals surface area contributed by atoms with Crippen LogP contribution in [0.2, 0.25) is 0 Å². The summed E-state index contributed by atoms with van der Waals surface area (Å²) >= 11 is 0. The van der Waals surface area contributed by atoms with E-state index in [2.05, 4.69) is 64.1 Å². The second-order valence-electron chi connectivity index (χ2n) is 4.95. The Hall–Kier alpha value is -0.860. The Labute approximate surface area is 130 Å². The molecule has 0 amide bonds. The molecule has 0 nitrogen and oxygen atoms in total. The van der Waals surface area contributed by atoms with Gasteiger partial charge in [-0.15, -0.1) is 0 Å². The van der Waals surface area contributed by atoms with Crippen LogP contribution in [0, 0.1) is 13.8 Å². The summed E-state index contributed by atoms with van der Waals surface area (Å²) in [7, 11) is 3.76. The summed E-state index contributed by atoms with van der Waals surface area (Å²) in [5.41, 5.74) is 5.76. The first-order valence-electron chi connectivity index (χ1n) is 7.18. The monoisotopic (exact) mass is 302 g/mol. The normalized spacial score (nSPS) is 10.8. The lowest BCUT2D eigenvalue weighted by Gasteiger charge is -2.11. The van der Waals surface area contributed by atoms with E-state index in [4.69, 9.17) is 0 Å². The fourth-order valence-corrected chi connectivity index (χ4v) is 4.94. The largest absolute Gasteiger partial charge is 0.0613 e. The topological polar surface area (TPSA) is 0 Å². The second kappa shape index (κ2) is 7.24. The SMILES string of the molecule is CCc1cccc(SSc2cccc(CC)c2C)c1C. The lowest BCUT2D eigenvalue weighted by molar-refractivity contribution is 1.08. The van der Waals surface area contributed by atoms with Gasteiger partial charge in [0.05, 0.1) is 0 Å². The molecule has 0 heterocycles. The molecule has 0 aliphatic heterocycles. The van der Waals surface area contributed by atoms with Gasteiger partial charge >= 0.3 is 0 Å². The molecule has 0 N–H and O–H groups in total. The molecule has 0 aromatic heterocycles. The van der Waals surface area contributed by atoms with E-state index in [1.165, 1.54) is 32.0 Å². The van der Waals surface area contributed by atoms with Crippen molar-refractivity contribution in [3.8, 4) is 0 Å². The highest BCUT2D eigenvalue weighted by Crippen LogP contribution is 2.41. The number of benzene rings is 2. The first-order chi connectivity index (χ1) is 9.67. The smallest absolute Gasteiger partial charge is 0.0218 e. The summed E-state index contributed by atoms with van der Waals surface area (Å²) in [5, 5.41) is 0. The quantitative estimate of drug-likeness (QED) is 0.601. The van der Waals surface area contributed by atoms with Crippen LogP contribution in [0.1, 0.15) is 36.1 Å². The van der Waals surface area contributed by atoms with Crippen molar-refractivity contribution in [1.82, 2.24) is 0 Å². The summed E-state index contributed by atoms with van der Waals surface area (Å²) in [6, 6.07) is 13.3. The van der Waals surface area contributed by atoms with Crippen LogP contribution in [0.3, 0.4) is 0 Å². The first kappa shape index (κ1) is 15.5. The third-order valence-electron chi connectivity index (χ3n) is 3.78. The van der Waals surface area contributed by atoms with E-state index in [1.807, 2.05) is 21.6 Å². The fraction of sp³-hybridized carbons (Fsp3) is 0.333. The molecule has 0 unspecified atom stereocenters. The van der Waals surface area contributed by atoms with Crippen LogP contribution in [0.25, 0.3) is 0 Å². The van der Waals surface area contributed by atoms with Crippen LogP contribution in [0.15, 0.2) is 46.2 Å². The molecule has 2 aromatic carbocycles. The Morgan fingerprint density at radius 2 is 1.10 bits per heavy atom. The first-order valence-corrected chi connectivity index (χ1v) is 9.33. The fourth-order valence-electron chi connectivity index (χ4n) is 2.36. The molecular formula is C18H22S2. The van der Waals surface area contributed by atoms with Crippen molar-refractivity contribution in [2.75, 3.05) is 0 Å². The predicted molar refractivity (Wildman–Crippen MR) is 92.8 cm³/mol. The standard InChI is InChI=1S/C18H22S2/c1-5-15-9-7-11-17(13(15)3)19-20-18-12-8-10-16(6-2)14(18)4/h7-12H,5-6H2,1-4H3. The summed E-state index contributed by atoms with van der Waals surface area (Å²) in [5.74, 6) is 0. The van der Waals surface area contributed by atoms with Gasteiger partial charge in [-0.2, -0.15) is 0 Å². The van der Waals surface area contributed by atoms with E-state index in [0.717, 1.165) is 12.8 Å². The van der Waals surface area contributed by atoms with Crippen molar-refractivity contribution in [3.05, 3.63) is 58.7 Å². The van der Waals surface area contributed by atoms with E-state index in [9.17, 15) is 0 Å². The van der Waals surface area contributed by atoms with E-state index >= 15 is 0 Å². The molecule has 2 heteroatoms. The second-order valence-corrected chi connectivity index (χ2v) is 7.17. The number of hydrogen-bond donors (Lipinski definition) is 0. The molecular weight excluding hydrogens is 280 g/mol. The van der Waals surface area contributed by atoms with Gasteiger partial charge in [0, 0.05) is 9.79 Å². The molecule has 0 aliphatic carbocycles. The minimum Gasteiger partial charge on any atom is -0.0613 e. The maximum absolute atomic E-state index is 2.23. The third-order valence-corrected chi connectivity index (χ3v) is 6.43. The average molecular weight is 303 g/mol. The molecule has 0 bridgehead atoms. The maximum Gasteiger partial charge on any atom is 0.0218 e. The summed E-state index contributed by atoms with van der Waals surface area (Å²) < 4.78 is 0. The average Bonchev–Trinajstić information content (AvgIpc) is 2.47. The zero-order chi connectivity index (χ0) is 14.5. The lowest BCUT2D eigenvalue weighted by atomic mass is 10.1. The zero-order valence-electron chi connectivity index (χ0n) is 12.7. The molecule has 0 spiro atoms. The third kappa shape index (κ3) is 3.42. The van der Waals surface area contributed by atoms with Gasteiger partial charge in [0.2, 0.25) is 0 Å². The molecule has 0 atom stereocenters. The van der Waals surface area contributed by atoms with Gasteiger partial charge in [-0.05, 0) is 61.1 Å². The Balaban J connectivity index is 2.17. The lowest BCUT2D eigenvalue weighted by Crippen LogP contribution is -1.89. The summed E-state index contributed by atoms with van der Waals surface area (Å²) in [6.45, 7) is 8.91.